The van der Waals surface area contributed by atoms with Crippen LogP contribution in [0.15, 0.2) is 65.7 Å². The molecular weight excluding hydrogens is 302 g/mol. The van der Waals surface area contributed by atoms with Crippen LogP contribution >= 0.6 is 0 Å². The highest BCUT2D eigenvalue weighted by Crippen LogP contribution is 2.41. The normalized spacial score (nSPS) is 15.7. The Kier molecular flexibility index (Phi) is 3.41. The summed E-state index contributed by atoms with van der Waals surface area (Å²) in [4.78, 5) is 29.5. The predicted octanol–water partition coefficient (Wildman–Crippen LogP) is 2.50. The van der Waals surface area contributed by atoms with Gasteiger partial charge in [0.1, 0.15) is 11.2 Å². The number of nitrogens with one attached hydrogen (secondary N) is 1. The van der Waals surface area contributed by atoms with E-state index in [2.05, 4.69) is 10.3 Å². The molecule has 0 atom stereocenters. The first kappa shape index (κ1) is 14.6. The lowest BCUT2D eigenvalue weighted by Crippen LogP contribution is -2.51. The summed E-state index contributed by atoms with van der Waals surface area (Å²) in [5.74, 6) is -0.366. The van der Waals surface area contributed by atoms with E-state index in [1.807, 2.05) is 30.3 Å². The number of pyridine rings is 1. The van der Waals surface area contributed by atoms with Gasteiger partial charge in [-0.1, -0.05) is 36.4 Å². The van der Waals surface area contributed by atoms with E-state index >= 15 is 0 Å². The molecule has 120 valence electrons. The number of hydrogen-bond acceptors (Lipinski definition) is 3. The smallest absolute Gasteiger partial charge is 0.270 e. The maximum atomic E-state index is 12.7. The summed E-state index contributed by atoms with van der Waals surface area (Å²) in [7, 11) is 0. The zero-order valence-electron chi connectivity index (χ0n) is 13.1. The van der Waals surface area contributed by atoms with Gasteiger partial charge in [-0.15, -0.1) is 0 Å². The van der Waals surface area contributed by atoms with Crippen molar-refractivity contribution < 1.29 is 4.79 Å². The van der Waals surface area contributed by atoms with E-state index in [4.69, 9.17) is 0 Å². The van der Waals surface area contributed by atoms with Gasteiger partial charge in [0.25, 0.3) is 11.5 Å². The fourth-order valence-corrected chi connectivity index (χ4v) is 3.24. The summed E-state index contributed by atoms with van der Waals surface area (Å²) >= 11 is 0. The van der Waals surface area contributed by atoms with Crippen LogP contribution in [0.1, 0.15) is 35.2 Å². The Hall–Kier alpha value is -2.95. The number of benzene rings is 1. The number of amides is 1. The van der Waals surface area contributed by atoms with Crippen molar-refractivity contribution in [3.8, 4) is 0 Å². The van der Waals surface area contributed by atoms with Crippen molar-refractivity contribution in [2.75, 3.05) is 0 Å². The first-order valence-corrected chi connectivity index (χ1v) is 8.04. The third-order valence-corrected chi connectivity index (χ3v) is 4.74. The molecule has 0 radical (unpaired) electrons. The Balaban J connectivity index is 1.70. The van der Waals surface area contributed by atoms with E-state index < -0.39 is 0 Å². The Morgan fingerprint density at radius 1 is 1.08 bits per heavy atom. The van der Waals surface area contributed by atoms with E-state index in [1.54, 1.807) is 24.4 Å². The number of nitrogens with zero attached hydrogens (tertiary/aromatic N) is 2. The molecule has 1 amide bonds. The van der Waals surface area contributed by atoms with Gasteiger partial charge in [0.2, 0.25) is 0 Å². The average Bonchev–Trinajstić information content (AvgIpc) is 2.59. The molecule has 1 saturated carbocycles. The van der Waals surface area contributed by atoms with E-state index in [-0.39, 0.29) is 22.6 Å². The van der Waals surface area contributed by atoms with E-state index in [9.17, 15) is 9.59 Å². The van der Waals surface area contributed by atoms with Crippen LogP contribution in [-0.2, 0) is 5.54 Å². The quantitative estimate of drug-likeness (QED) is 0.807. The molecule has 0 aliphatic heterocycles. The lowest BCUT2D eigenvalue weighted by Gasteiger charge is -2.43. The minimum Gasteiger partial charge on any atom is -0.342 e. The maximum Gasteiger partial charge on any atom is 0.270 e. The lowest BCUT2D eigenvalue weighted by molar-refractivity contribution is 0.0821. The molecule has 1 fully saturated rings. The van der Waals surface area contributed by atoms with Crippen molar-refractivity contribution in [3.63, 3.8) is 0 Å². The summed E-state index contributed by atoms with van der Waals surface area (Å²) in [6.45, 7) is 0. The molecule has 24 heavy (non-hydrogen) atoms. The molecule has 0 spiro atoms. The molecule has 5 heteroatoms. The molecule has 1 aliphatic carbocycles. The van der Waals surface area contributed by atoms with Crippen LogP contribution in [0.3, 0.4) is 0 Å². The zero-order valence-corrected chi connectivity index (χ0v) is 13.1. The number of fused-ring (bicyclic) bond motifs is 1. The molecule has 0 saturated heterocycles. The van der Waals surface area contributed by atoms with Gasteiger partial charge in [-0.3, -0.25) is 14.0 Å². The summed E-state index contributed by atoms with van der Waals surface area (Å²) in [6.07, 6.45) is 5.81. The Labute approximate surface area is 139 Å². The van der Waals surface area contributed by atoms with E-state index in [1.165, 1.54) is 10.6 Å². The van der Waals surface area contributed by atoms with Crippen molar-refractivity contribution >= 4 is 11.6 Å². The van der Waals surface area contributed by atoms with Gasteiger partial charge in [0.05, 0.1) is 5.54 Å². The van der Waals surface area contributed by atoms with Crippen molar-refractivity contribution in [1.29, 1.82) is 0 Å². The molecule has 2 heterocycles. The van der Waals surface area contributed by atoms with E-state index in [0.29, 0.717) is 5.65 Å². The first-order valence-electron chi connectivity index (χ1n) is 8.04. The minimum absolute atomic E-state index is 0.0703. The minimum atomic E-state index is -0.374. The number of rotatable bonds is 3. The summed E-state index contributed by atoms with van der Waals surface area (Å²) in [6, 6.07) is 15.2. The first-order chi connectivity index (χ1) is 11.7. The largest absolute Gasteiger partial charge is 0.342 e. The lowest BCUT2D eigenvalue weighted by atomic mass is 9.71. The molecule has 5 nitrogen and oxygen atoms in total. The topological polar surface area (TPSA) is 63.5 Å². The molecule has 0 unspecified atom stereocenters. The van der Waals surface area contributed by atoms with Crippen LogP contribution in [0.2, 0.25) is 0 Å². The van der Waals surface area contributed by atoms with Crippen LogP contribution in [-0.4, -0.2) is 15.3 Å². The van der Waals surface area contributed by atoms with Crippen molar-refractivity contribution in [2.45, 2.75) is 24.8 Å². The van der Waals surface area contributed by atoms with Gasteiger partial charge < -0.3 is 5.32 Å². The second-order valence-corrected chi connectivity index (χ2v) is 6.16. The standard InChI is InChI=1S/C19H17N3O2/c23-17(15-13-20-16-9-4-5-12-22(16)18(15)24)21-19(10-6-11-19)14-7-2-1-3-8-14/h1-5,7-9,12-13H,6,10-11H2,(H,21,23). The Bertz CT molecular complexity index is 959. The van der Waals surface area contributed by atoms with Crippen LogP contribution in [0.5, 0.6) is 0 Å². The second-order valence-electron chi connectivity index (χ2n) is 6.16. The molecule has 1 aromatic carbocycles. The van der Waals surface area contributed by atoms with E-state index in [0.717, 1.165) is 24.8 Å². The summed E-state index contributed by atoms with van der Waals surface area (Å²) < 4.78 is 1.39. The molecule has 4 rings (SSSR count). The van der Waals surface area contributed by atoms with Crippen LogP contribution in [0.4, 0.5) is 0 Å². The van der Waals surface area contributed by atoms with Crippen molar-refractivity contribution in [2.24, 2.45) is 0 Å². The van der Waals surface area contributed by atoms with Crippen LogP contribution < -0.4 is 10.9 Å². The number of hydrogen-bond donors (Lipinski definition) is 1. The van der Waals surface area contributed by atoms with Gasteiger partial charge in [-0.2, -0.15) is 0 Å². The monoisotopic (exact) mass is 319 g/mol. The highest BCUT2D eigenvalue weighted by Gasteiger charge is 2.40. The van der Waals surface area contributed by atoms with Crippen LogP contribution in [0.25, 0.3) is 5.65 Å². The Morgan fingerprint density at radius 2 is 1.83 bits per heavy atom. The predicted molar refractivity (Wildman–Crippen MR) is 90.9 cm³/mol. The third-order valence-electron chi connectivity index (χ3n) is 4.74. The average molecular weight is 319 g/mol. The van der Waals surface area contributed by atoms with Crippen molar-refractivity contribution in [3.05, 3.63) is 82.4 Å². The number of carbonyl (C=O) groups is 1. The molecule has 3 aromatic rings. The van der Waals surface area contributed by atoms with Gasteiger partial charge in [0, 0.05) is 12.4 Å². The molecule has 1 N–H and O–H groups in total. The highest BCUT2D eigenvalue weighted by atomic mass is 16.2. The summed E-state index contributed by atoms with van der Waals surface area (Å²) in [5.41, 5.74) is 0.960. The fourth-order valence-electron chi connectivity index (χ4n) is 3.24. The maximum absolute atomic E-state index is 12.7. The van der Waals surface area contributed by atoms with Gasteiger partial charge in [-0.25, -0.2) is 4.98 Å². The van der Waals surface area contributed by atoms with Gasteiger partial charge >= 0.3 is 0 Å². The van der Waals surface area contributed by atoms with Gasteiger partial charge in [-0.05, 0) is 37.0 Å². The van der Waals surface area contributed by atoms with Crippen LogP contribution in [0, 0.1) is 0 Å². The SMILES string of the molecule is O=C(NC1(c2ccccc2)CCC1)c1cnc2ccccn2c1=O. The third kappa shape index (κ3) is 2.29. The Morgan fingerprint density at radius 3 is 2.54 bits per heavy atom. The number of carbonyl (C=O) groups excluding carboxylic acids is 1. The highest BCUT2D eigenvalue weighted by molar-refractivity contribution is 5.94. The van der Waals surface area contributed by atoms with Gasteiger partial charge in [0.15, 0.2) is 0 Å². The number of aromatic nitrogens is 2. The summed E-state index contributed by atoms with van der Waals surface area (Å²) in [5, 5.41) is 3.08. The molecule has 1 aliphatic rings. The molecule has 0 bridgehead atoms. The molecule has 2 aromatic heterocycles. The second kappa shape index (κ2) is 5.60. The zero-order chi connectivity index (χ0) is 16.6. The van der Waals surface area contributed by atoms with Crippen molar-refractivity contribution in [1.82, 2.24) is 14.7 Å². The fraction of sp³-hybridized carbons (Fsp3) is 0.211. The molecular formula is C19H17N3O2.